The largest absolute Gasteiger partial charge is 0.326 e. The van der Waals surface area contributed by atoms with Crippen LogP contribution in [0, 0.1) is 5.92 Å². The topological polar surface area (TPSA) is 107 Å². The molecule has 1 N–H and O–H groups in total. The van der Waals surface area contributed by atoms with E-state index in [1.54, 1.807) is 12.1 Å². The van der Waals surface area contributed by atoms with E-state index in [9.17, 15) is 21.6 Å². The number of anilines is 1. The molecule has 2 heterocycles. The summed E-state index contributed by atoms with van der Waals surface area (Å²) >= 11 is 0. The van der Waals surface area contributed by atoms with Crippen molar-refractivity contribution in [2.75, 3.05) is 45.6 Å². The van der Waals surface area contributed by atoms with Crippen LogP contribution < -0.4 is 5.32 Å². The molecule has 2 aliphatic heterocycles. The van der Waals surface area contributed by atoms with Crippen LogP contribution in [0.2, 0.25) is 0 Å². The fourth-order valence-electron chi connectivity index (χ4n) is 3.98. The second-order valence-corrected chi connectivity index (χ2v) is 12.4. The molecule has 1 aromatic carbocycles. The number of piperidine rings is 1. The molecule has 9 nitrogen and oxygen atoms in total. The van der Waals surface area contributed by atoms with E-state index in [0.29, 0.717) is 38.2 Å². The van der Waals surface area contributed by atoms with Crippen molar-refractivity contribution in [2.45, 2.75) is 43.4 Å². The maximum Gasteiger partial charge on any atom is 0.281 e. The van der Waals surface area contributed by atoms with Crippen molar-refractivity contribution in [1.29, 1.82) is 0 Å². The third-order valence-electron chi connectivity index (χ3n) is 5.87. The van der Waals surface area contributed by atoms with Crippen molar-refractivity contribution in [3.8, 4) is 0 Å². The highest BCUT2D eigenvalue weighted by atomic mass is 32.2. The van der Waals surface area contributed by atoms with E-state index in [2.05, 4.69) is 5.32 Å². The van der Waals surface area contributed by atoms with Gasteiger partial charge in [0, 0.05) is 46.0 Å². The molecule has 0 radical (unpaired) electrons. The molecular formula is C20H32N4O5S2. The molecule has 174 valence electrons. The van der Waals surface area contributed by atoms with Gasteiger partial charge in [0.2, 0.25) is 15.9 Å². The molecule has 2 aliphatic rings. The van der Waals surface area contributed by atoms with Crippen molar-refractivity contribution in [1.82, 2.24) is 12.9 Å². The Morgan fingerprint density at radius 1 is 0.903 bits per heavy atom. The highest BCUT2D eigenvalue weighted by Crippen LogP contribution is 2.24. The fraction of sp³-hybridized carbons (Fsp3) is 0.650. The van der Waals surface area contributed by atoms with Gasteiger partial charge >= 0.3 is 0 Å². The van der Waals surface area contributed by atoms with Crippen LogP contribution in [-0.2, 0) is 25.0 Å². The summed E-state index contributed by atoms with van der Waals surface area (Å²) in [6.45, 7) is 1.60. The minimum Gasteiger partial charge on any atom is -0.326 e. The number of nitrogens with one attached hydrogen (secondary N) is 1. The van der Waals surface area contributed by atoms with E-state index < -0.39 is 26.2 Å². The molecule has 11 heteroatoms. The molecule has 0 saturated carbocycles. The Balaban J connectivity index is 1.65. The second kappa shape index (κ2) is 9.95. The first-order chi connectivity index (χ1) is 14.6. The molecule has 1 amide bonds. The lowest BCUT2D eigenvalue weighted by atomic mass is 9.99. The molecule has 2 fully saturated rings. The van der Waals surface area contributed by atoms with Crippen LogP contribution in [0.4, 0.5) is 5.69 Å². The Hall–Kier alpha value is -1.53. The minimum atomic E-state index is -3.56. The van der Waals surface area contributed by atoms with E-state index in [1.807, 2.05) is 0 Å². The highest BCUT2D eigenvalue weighted by molar-refractivity contribution is 7.89. The van der Waals surface area contributed by atoms with Gasteiger partial charge in [-0.2, -0.15) is 21.3 Å². The normalized spacial score (nSPS) is 22.2. The molecule has 1 aromatic rings. The zero-order chi connectivity index (χ0) is 22.6. The molecule has 3 rings (SSSR count). The Morgan fingerprint density at radius 3 is 2.06 bits per heavy atom. The Morgan fingerprint density at radius 2 is 1.48 bits per heavy atom. The number of carbonyl (C=O) groups excluding carboxylic acids is 1. The molecule has 0 spiro atoms. The Kier molecular flexibility index (Phi) is 7.74. The van der Waals surface area contributed by atoms with Crippen LogP contribution in [0.25, 0.3) is 0 Å². The predicted octanol–water partition coefficient (Wildman–Crippen LogP) is 1.71. The molecule has 0 aliphatic carbocycles. The SMILES string of the molecule is CN(C)S(=O)(=O)N1CCC[C@H](C(=O)Nc2ccc(S(=O)(=O)N3CCCCCC3)cc2)C1. The third kappa shape index (κ3) is 5.64. The number of hydrogen-bond acceptors (Lipinski definition) is 5. The summed E-state index contributed by atoms with van der Waals surface area (Å²) in [4.78, 5) is 12.9. The lowest BCUT2D eigenvalue weighted by molar-refractivity contribution is -0.120. The monoisotopic (exact) mass is 472 g/mol. The van der Waals surface area contributed by atoms with Gasteiger partial charge < -0.3 is 5.32 Å². The summed E-state index contributed by atoms with van der Waals surface area (Å²) in [5.74, 6) is -0.717. The minimum absolute atomic E-state index is 0.133. The fourth-order valence-corrected chi connectivity index (χ4v) is 6.69. The van der Waals surface area contributed by atoms with Gasteiger partial charge in [-0.1, -0.05) is 12.8 Å². The van der Waals surface area contributed by atoms with Crippen LogP contribution >= 0.6 is 0 Å². The Labute approximate surface area is 185 Å². The maximum absolute atomic E-state index is 12.9. The zero-order valence-corrected chi connectivity index (χ0v) is 19.8. The predicted molar refractivity (Wildman–Crippen MR) is 119 cm³/mol. The number of nitrogens with zero attached hydrogens (tertiary/aromatic N) is 3. The standard InChI is InChI=1S/C20H32N4O5S2/c1-22(2)31(28,29)24-15-7-8-17(16-24)20(25)21-18-9-11-19(12-10-18)30(26,27)23-13-5-3-4-6-14-23/h9-12,17H,3-8,13-16H2,1-2H3,(H,21,25)/t17-/m0/s1. The van der Waals surface area contributed by atoms with Crippen LogP contribution in [0.5, 0.6) is 0 Å². The highest BCUT2D eigenvalue weighted by Gasteiger charge is 2.33. The van der Waals surface area contributed by atoms with Crippen molar-refractivity contribution in [3.05, 3.63) is 24.3 Å². The molecule has 0 bridgehead atoms. The molecule has 0 unspecified atom stereocenters. The number of sulfonamides is 1. The van der Waals surface area contributed by atoms with E-state index in [4.69, 9.17) is 0 Å². The molecular weight excluding hydrogens is 440 g/mol. The first-order valence-electron chi connectivity index (χ1n) is 10.7. The quantitative estimate of drug-likeness (QED) is 0.678. The van der Waals surface area contributed by atoms with Crippen LogP contribution in [0.15, 0.2) is 29.2 Å². The van der Waals surface area contributed by atoms with Crippen LogP contribution in [-0.4, -0.2) is 75.9 Å². The lowest BCUT2D eigenvalue weighted by Crippen LogP contribution is -2.47. The summed E-state index contributed by atoms with van der Waals surface area (Å²) in [7, 11) is -4.15. The van der Waals surface area contributed by atoms with Crippen molar-refractivity contribution < 1.29 is 21.6 Å². The van der Waals surface area contributed by atoms with Gasteiger partial charge in [-0.15, -0.1) is 0 Å². The first kappa shape index (κ1) is 24.1. The van der Waals surface area contributed by atoms with Crippen molar-refractivity contribution in [2.24, 2.45) is 5.92 Å². The van der Waals surface area contributed by atoms with Gasteiger partial charge in [0.15, 0.2) is 0 Å². The number of carbonyl (C=O) groups is 1. The summed E-state index contributed by atoms with van der Waals surface area (Å²) in [5, 5.41) is 2.80. The smallest absolute Gasteiger partial charge is 0.281 e. The van der Waals surface area contributed by atoms with E-state index in [0.717, 1.165) is 30.0 Å². The van der Waals surface area contributed by atoms with E-state index >= 15 is 0 Å². The lowest BCUT2D eigenvalue weighted by Gasteiger charge is -2.32. The number of rotatable bonds is 6. The van der Waals surface area contributed by atoms with E-state index in [1.165, 1.54) is 34.8 Å². The van der Waals surface area contributed by atoms with Gasteiger partial charge in [0.05, 0.1) is 10.8 Å². The maximum atomic E-state index is 12.9. The van der Waals surface area contributed by atoms with Crippen LogP contribution in [0.1, 0.15) is 38.5 Å². The van der Waals surface area contributed by atoms with Gasteiger partial charge in [0.1, 0.15) is 0 Å². The average Bonchev–Trinajstić information content (AvgIpc) is 3.04. The Bertz CT molecular complexity index is 969. The summed E-state index contributed by atoms with van der Waals surface area (Å²) in [6.07, 6.45) is 5.05. The summed E-state index contributed by atoms with van der Waals surface area (Å²) < 4.78 is 54.5. The van der Waals surface area contributed by atoms with Crippen molar-refractivity contribution in [3.63, 3.8) is 0 Å². The van der Waals surface area contributed by atoms with Crippen LogP contribution in [0.3, 0.4) is 0 Å². The van der Waals surface area contributed by atoms with E-state index in [-0.39, 0.29) is 17.3 Å². The molecule has 1 atom stereocenters. The molecule has 0 aromatic heterocycles. The van der Waals surface area contributed by atoms with Crippen molar-refractivity contribution >= 4 is 31.8 Å². The molecule has 2 saturated heterocycles. The first-order valence-corrected chi connectivity index (χ1v) is 13.5. The number of benzene rings is 1. The third-order valence-corrected chi connectivity index (χ3v) is 9.69. The van der Waals surface area contributed by atoms with Gasteiger partial charge in [-0.3, -0.25) is 4.79 Å². The van der Waals surface area contributed by atoms with Gasteiger partial charge in [-0.05, 0) is 49.9 Å². The van der Waals surface area contributed by atoms with Gasteiger partial charge in [0.25, 0.3) is 10.2 Å². The second-order valence-electron chi connectivity index (χ2n) is 8.32. The molecule has 31 heavy (non-hydrogen) atoms. The number of hydrogen-bond donors (Lipinski definition) is 1. The van der Waals surface area contributed by atoms with Gasteiger partial charge in [-0.25, -0.2) is 8.42 Å². The summed E-state index contributed by atoms with van der Waals surface area (Å²) in [5.41, 5.74) is 0.493. The average molecular weight is 473 g/mol. The zero-order valence-electron chi connectivity index (χ0n) is 18.2. The summed E-state index contributed by atoms with van der Waals surface area (Å²) in [6, 6.07) is 6.19. The number of amides is 1.